The van der Waals surface area contributed by atoms with Gasteiger partial charge in [0.25, 0.3) is 11.8 Å². The van der Waals surface area contributed by atoms with E-state index >= 15 is 0 Å². The van der Waals surface area contributed by atoms with E-state index in [1.54, 1.807) is 44.4 Å². The van der Waals surface area contributed by atoms with Crippen LogP contribution in [0.2, 0.25) is 0 Å². The van der Waals surface area contributed by atoms with E-state index in [1.165, 1.54) is 4.90 Å². The molecule has 0 bridgehead atoms. The molecule has 1 unspecified atom stereocenters. The van der Waals surface area contributed by atoms with Crippen LogP contribution in [0.1, 0.15) is 39.1 Å². The van der Waals surface area contributed by atoms with Crippen molar-refractivity contribution < 1.29 is 19.1 Å². The van der Waals surface area contributed by atoms with E-state index in [-0.39, 0.29) is 17.9 Å². The molecule has 0 spiro atoms. The van der Waals surface area contributed by atoms with Crippen molar-refractivity contribution in [2.75, 3.05) is 27.3 Å². The molecule has 1 N–H and O–H groups in total. The monoisotopic (exact) mass is 382 g/mol. The first kappa shape index (κ1) is 19.9. The Balaban J connectivity index is 1.53. The van der Waals surface area contributed by atoms with Gasteiger partial charge >= 0.3 is 0 Å². The Morgan fingerprint density at radius 3 is 2.61 bits per heavy atom. The van der Waals surface area contributed by atoms with Crippen LogP contribution in [0, 0.1) is 0 Å². The summed E-state index contributed by atoms with van der Waals surface area (Å²) in [5.41, 5.74) is 2.09. The van der Waals surface area contributed by atoms with E-state index in [0.29, 0.717) is 30.0 Å². The molecule has 148 valence electrons. The van der Waals surface area contributed by atoms with Crippen LogP contribution < -0.4 is 10.1 Å². The highest BCUT2D eigenvalue weighted by Crippen LogP contribution is 2.17. The van der Waals surface area contributed by atoms with Gasteiger partial charge in [-0.25, -0.2) is 0 Å². The van der Waals surface area contributed by atoms with Gasteiger partial charge in [-0.1, -0.05) is 18.2 Å². The molecule has 1 aliphatic rings. The minimum absolute atomic E-state index is 0.0459. The highest BCUT2D eigenvalue weighted by atomic mass is 16.5. The fourth-order valence-corrected chi connectivity index (χ4v) is 3.00. The largest absolute Gasteiger partial charge is 0.491 e. The smallest absolute Gasteiger partial charge is 0.253 e. The number of nitrogens with one attached hydrogen (secondary N) is 1. The van der Waals surface area contributed by atoms with Gasteiger partial charge in [0.1, 0.15) is 12.4 Å². The summed E-state index contributed by atoms with van der Waals surface area (Å²) in [5, 5.41) is 2.90. The van der Waals surface area contributed by atoms with Crippen molar-refractivity contribution in [2.45, 2.75) is 25.5 Å². The average molecular weight is 382 g/mol. The summed E-state index contributed by atoms with van der Waals surface area (Å²) >= 11 is 0. The molecule has 1 fully saturated rings. The predicted molar refractivity (Wildman–Crippen MR) is 107 cm³/mol. The van der Waals surface area contributed by atoms with Crippen molar-refractivity contribution in [3.8, 4) is 5.75 Å². The molecule has 1 saturated heterocycles. The Bertz CT molecular complexity index is 812. The van der Waals surface area contributed by atoms with Crippen molar-refractivity contribution >= 4 is 11.8 Å². The van der Waals surface area contributed by atoms with Crippen LogP contribution in [0.15, 0.2) is 48.5 Å². The number of carbonyl (C=O) groups is 2. The van der Waals surface area contributed by atoms with Crippen LogP contribution in [0.4, 0.5) is 0 Å². The predicted octanol–water partition coefficient (Wildman–Crippen LogP) is 2.88. The molecule has 0 radical (unpaired) electrons. The molecule has 6 nitrogen and oxygen atoms in total. The molecule has 2 aromatic rings. The first-order valence-electron chi connectivity index (χ1n) is 9.46. The molecule has 1 atom stereocenters. The summed E-state index contributed by atoms with van der Waals surface area (Å²) in [5.74, 6) is 0.445. The highest BCUT2D eigenvalue weighted by Gasteiger charge is 2.16. The summed E-state index contributed by atoms with van der Waals surface area (Å²) in [7, 11) is 3.43. The maximum atomic E-state index is 12.4. The standard InChI is InChI=1S/C22H26N2O4/c1-24(2)22(26)17-10-8-16(9-11-17)14-23-21(25)18-5-3-6-19(13-18)28-15-20-7-4-12-27-20/h3,5-6,8-11,13,20H,4,7,12,14-15H2,1-2H3,(H,23,25). The second-order valence-electron chi connectivity index (χ2n) is 7.05. The van der Waals surface area contributed by atoms with Crippen LogP contribution in [-0.4, -0.2) is 50.1 Å². The van der Waals surface area contributed by atoms with Crippen LogP contribution in [0.3, 0.4) is 0 Å². The first-order chi connectivity index (χ1) is 13.5. The Kier molecular flexibility index (Phi) is 6.66. The second kappa shape index (κ2) is 9.37. The van der Waals surface area contributed by atoms with Gasteiger partial charge in [-0.2, -0.15) is 0 Å². The lowest BCUT2D eigenvalue weighted by molar-refractivity contribution is 0.0679. The van der Waals surface area contributed by atoms with Gasteiger partial charge in [-0.05, 0) is 48.7 Å². The molecule has 2 aromatic carbocycles. The number of hydrogen-bond acceptors (Lipinski definition) is 4. The zero-order chi connectivity index (χ0) is 19.9. The molecule has 6 heteroatoms. The van der Waals surface area contributed by atoms with E-state index in [1.807, 2.05) is 18.2 Å². The van der Waals surface area contributed by atoms with E-state index in [2.05, 4.69) is 5.32 Å². The van der Waals surface area contributed by atoms with Crippen LogP contribution in [0.5, 0.6) is 5.75 Å². The quantitative estimate of drug-likeness (QED) is 0.800. The fourth-order valence-electron chi connectivity index (χ4n) is 3.00. The minimum atomic E-state index is -0.170. The van der Waals surface area contributed by atoms with Crippen molar-refractivity contribution in [1.82, 2.24) is 10.2 Å². The SMILES string of the molecule is CN(C)C(=O)c1ccc(CNC(=O)c2cccc(OCC3CCCO3)c2)cc1. The van der Waals surface area contributed by atoms with E-state index in [0.717, 1.165) is 25.0 Å². The van der Waals surface area contributed by atoms with Crippen LogP contribution in [-0.2, 0) is 11.3 Å². The molecular weight excluding hydrogens is 356 g/mol. The number of amides is 2. The first-order valence-corrected chi connectivity index (χ1v) is 9.46. The number of ether oxygens (including phenoxy) is 2. The molecule has 1 aliphatic heterocycles. The van der Waals surface area contributed by atoms with Gasteiger partial charge < -0.3 is 19.7 Å². The lowest BCUT2D eigenvalue weighted by atomic mass is 10.1. The van der Waals surface area contributed by atoms with Gasteiger partial charge in [-0.15, -0.1) is 0 Å². The van der Waals surface area contributed by atoms with Gasteiger partial charge in [0, 0.05) is 38.4 Å². The van der Waals surface area contributed by atoms with Crippen LogP contribution in [0.25, 0.3) is 0 Å². The summed E-state index contributed by atoms with van der Waals surface area (Å²) in [4.78, 5) is 25.9. The molecular formula is C22H26N2O4. The minimum Gasteiger partial charge on any atom is -0.491 e. The number of benzene rings is 2. The summed E-state index contributed by atoms with van der Waals surface area (Å²) in [6.45, 7) is 1.68. The molecule has 0 aromatic heterocycles. The maximum Gasteiger partial charge on any atom is 0.253 e. The van der Waals surface area contributed by atoms with Crippen LogP contribution >= 0.6 is 0 Å². The fraction of sp³-hybridized carbons (Fsp3) is 0.364. The average Bonchev–Trinajstić information content (AvgIpc) is 3.24. The summed E-state index contributed by atoms with van der Waals surface area (Å²) in [6.07, 6.45) is 2.22. The van der Waals surface area contributed by atoms with E-state index in [4.69, 9.17) is 9.47 Å². The van der Waals surface area contributed by atoms with Gasteiger partial charge in [-0.3, -0.25) is 9.59 Å². The Morgan fingerprint density at radius 2 is 1.93 bits per heavy atom. The molecule has 3 rings (SSSR count). The van der Waals surface area contributed by atoms with Crippen molar-refractivity contribution in [1.29, 1.82) is 0 Å². The van der Waals surface area contributed by atoms with Crippen molar-refractivity contribution in [3.63, 3.8) is 0 Å². The highest BCUT2D eigenvalue weighted by molar-refractivity contribution is 5.95. The Hall–Kier alpha value is -2.86. The zero-order valence-corrected chi connectivity index (χ0v) is 16.3. The third-order valence-electron chi connectivity index (χ3n) is 4.62. The summed E-state index contributed by atoms with van der Waals surface area (Å²) in [6, 6.07) is 14.4. The Labute approximate surface area is 165 Å². The van der Waals surface area contributed by atoms with Gasteiger partial charge in [0.2, 0.25) is 0 Å². The molecule has 2 amide bonds. The third-order valence-corrected chi connectivity index (χ3v) is 4.62. The third kappa shape index (κ3) is 5.33. The zero-order valence-electron chi connectivity index (χ0n) is 16.3. The molecule has 0 aliphatic carbocycles. The van der Waals surface area contributed by atoms with Crippen molar-refractivity contribution in [2.24, 2.45) is 0 Å². The number of nitrogens with zero attached hydrogens (tertiary/aromatic N) is 1. The van der Waals surface area contributed by atoms with E-state index < -0.39 is 0 Å². The molecule has 0 saturated carbocycles. The molecule has 1 heterocycles. The number of carbonyl (C=O) groups excluding carboxylic acids is 2. The topological polar surface area (TPSA) is 67.9 Å². The summed E-state index contributed by atoms with van der Waals surface area (Å²) < 4.78 is 11.3. The lowest BCUT2D eigenvalue weighted by Crippen LogP contribution is -2.23. The normalized spacial score (nSPS) is 15.9. The van der Waals surface area contributed by atoms with E-state index in [9.17, 15) is 9.59 Å². The molecule has 28 heavy (non-hydrogen) atoms. The van der Waals surface area contributed by atoms with Gasteiger partial charge in [0.15, 0.2) is 0 Å². The Morgan fingerprint density at radius 1 is 1.14 bits per heavy atom. The number of hydrogen-bond donors (Lipinski definition) is 1. The maximum absolute atomic E-state index is 12.4. The lowest BCUT2D eigenvalue weighted by Gasteiger charge is -2.12. The number of rotatable bonds is 7. The van der Waals surface area contributed by atoms with Gasteiger partial charge in [0.05, 0.1) is 6.10 Å². The van der Waals surface area contributed by atoms with Crippen molar-refractivity contribution in [3.05, 3.63) is 65.2 Å². The second-order valence-corrected chi connectivity index (χ2v) is 7.05.